The molecule has 1 unspecified atom stereocenters. The predicted molar refractivity (Wildman–Crippen MR) is 116 cm³/mol. The molecular weight excluding hydrogens is 400 g/mol. The van der Waals surface area contributed by atoms with Gasteiger partial charge in [-0.05, 0) is 17.2 Å². The lowest BCUT2D eigenvalue weighted by atomic mass is 9.93. The van der Waals surface area contributed by atoms with Crippen molar-refractivity contribution >= 4 is 34.9 Å². The number of fused-ring (bicyclic) bond motifs is 1. The Bertz CT molecular complexity index is 1250. The summed E-state index contributed by atoms with van der Waals surface area (Å²) in [6.45, 7) is 0. The van der Waals surface area contributed by atoms with E-state index in [4.69, 9.17) is 28.3 Å². The first-order valence-electron chi connectivity index (χ1n) is 8.87. The van der Waals surface area contributed by atoms with Crippen LogP contribution in [-0.2, 0) is 0 Å². The Balaban J connectivity index is 1.83. The maximum atomic E-state index is 9.41. The largest absolute Gasteiger partial charge is 0.397 e. The molecule has 2 heterocycles. The zero-order chi connectivity index (χ0) is 21.3. The zero-order valence-electron chi connectivity index (χ0n) is 15.5. The number of rotatable bonds is 2. The minimum absolute atomic E-state index is 0.00674. The van der Waals surface area contributed by atoms with E-state index >= 15 is 0 Å². The van der Waals surface area contributed by atoms with Crippen molar-refractivity contribution in [1.29, 1.82) is 10.5 Å². The fourth-order valence-electron chi connectivity index (χ4n) is 3.36. The highest BCUT2D eigenvalue weighted by Crippen LogP contribution is 2.41. The van der Waals surface area contributed by atoms with Crippen LogP contribution in [0.3, 0.4) is 0 Å². The highest BCUT2D eigenvalue weighted by Gasteiger charge is 2.29. The number of nitrogens with zero attached hydrogens (tertiary/aromatic N) is 4. The first-order valence-corrected chi connectivity index (χ1v) is 9.25. The Labute approximate surface area is 177 Å². The Morgan fingerprint density at radius 3 is 2.47 bits per heavy atom. The average Bonchev–Trinajstić information content (AvgIpc) is 2.74. The van der Waals surface area contributed by atoms with Crippen molar-refractivity contribution in [3.63, 3.8) is 0 Å². The summed E-state index contributed by atoms with van der Waals surface area (Å²) in [5, 5.41) is 24.4. The van der Waals surface area contributed by atoms with Crippen LogP contribution in [0.25, 0.3) is 11.1 Å². The molecular formula is C21H15ClN8. The summed E-state index contributed by atoms with van der Waals surface area (Å²) in [6, 6.07) is 16.6. The number of pyridine rings is 1. The molecule has 0 bridgehead atoms. The monoisotopic (exact) mass is 414 g/mol. The number of hydrogen-bond donors (Lipinski definition) is 4. The second kappa shape index (κ2) is 7.63. The van der Waals surface area contributed by atoms with E-state index in [0.717, 1.165) is 16.7 Å². The van der Waals surface area contributed by atoms with E-state index < -0.39 is 6.04 Å². The Morgan fingerprint density at radius 2 is 1.80 bits per heavy atom. The number of benzene rings is 2. The van der Waals surface area contributed by atoms with Gasteiger partial charge < -0.3 is 16.8 Å². The van der Waals surface area contributed by atoms with Gasteiger partial charge in [-0.1, -0.05) is 54.1 Å². The first kappa shape index (κ1) is 19.1. The van der Waals surface area contributed by atoms with Gasteiger partial charge in [0.1, 0.15) is 29.3 Å². The van der Waals surface area contributed by atoms with E-state index in [0.29, 0.717) is 16.4 Å². The molecule has 0 radical (unpaired) electrons. The number of nitrogen functional groups attached to an aromatic ring is 2. The molecule has 146 valence electrons. The van der Waals surface area contributed by atoms with Gasteiger partial charge in [-0.15, -0.1) is 0 Å². The van der Waals surface area contributed by atoms with Gasteiger partial charge in [0.15, 0.2) is 6.19 Å². The molecule has 0 fully saturated rings. The second-order valence-electron chi connectivity index (χ2n) is 6.50. The van der Waals surface area contributed by atoms with Crippen molar-refractivity contribution in [3.8, 4) is 23.4 Å². The van der Waals surface area contributed by atoms with Crippen LogP contribution in [-0.4, -0.2) is 10.9 Å². The van der Waals surface area contributed by atoms with Crippen LogP contribution in [0.2, 0.25) is 5.02 Å². The molecule has 0 spiro atoms. The van der Waals surface area contributed by atoms with Gasteiger partial charge in [0.25, 0.3) is 0 Å². The molecule has 1 atom stereocenters. The van der Waals surface area contributed by atoms with Gasteiger partial charge in [0.05, 0.1) is 5.69 Å². The number of aromatic nitrogens is 1. The quantitative estimate of drug-likeness (QED) is 0.371. The van der Waals surface area contributed by atoms with Gasteiger partial charge in [-0.25, -0.2) is 9.98 Å². The summed E-state index contributed by atoms with van der Waals surface area (Å²) in [5.41, 5.74) is 15.6. The number of nitrogens with two attached hydrogens (primary N) is 2. The van der Waals surface area contributed by atoms with Crippen molar-refractivity contribution in [2.75, 3.05) is 16.8 Å². The van der Waals surface area contributed by atoms with Crippen molar-refractivity contribution in [2.24, 2.45) is 4.99 Å². The molecule has 2 aromatic carbocycles. The molecule has 3 aromatic rings. The number of hydrogen-bond acceptors (Lipinski definition) is 8. The van der Waals surface area contributed by atoms with Crippen molar-refractivity contribution in [1.82, 2.24) is 10.3 Å². The van der Waals surface area contributed by atoms with Crippen molar-refractivity contribution in [2.45, 2.75) is 6.04 Å². The molecule has 0 saturated heterocycles. The van der Waals surface area contributed by atoms with E-state index in [2.05, 4.69) is 20.6 Å². The average molecular weight is 415 g/mol. The maximum Gasteiger partial charge on any atom is 0.211 e. The third-order valence-electron chi connectivity index (χ3n) is 4.77. The van der Waals surface area contributed by atoms with Crippen LogP contribution in [0.4, 0.5) is 17.3 Å². The van der Waals surface area contributed by atoms with Gasteiger partial charge in [0.2, 0.25) is 5.96 Å². The van der Waals surface area contributed by atoms with Gasteiger partial charge in [0, 0.05) is 16.1 Å². The van der Waals surface area contributed by atoms with E-state index in [9.17, 15) is 5.26 Å². The summed E-state index contributed by atoms with van der Waals surface area (Å²) in [6.07, 6.45) is 1.83. The molecule has 4 rings (SSSR count). The molecule has 8 nitrogen and oxygen atoms in total. The number of anilines is 3. The first-order chi connectivity index (χ1) is 14.5. The third-order valence-corrected chi connectivity index (χ3v) is 5.10. The molecule has 0 saturated carbocycles. The minimum atomic E-state index is -0.586. The smallest absolute Gasteiger partial charge is 0.211 e. The highest BCUT2D eigenvalue weighted by atomic mass is 35.5. The number of aliphatic imine (C=N–C) groups is 1. The lowest BCUT2D eigenvalue weighted by Crippen LogP contribution is -2.32. The van der Waals surface area contributed by atoms with E-state index in [-0.39, 0.29) is 23.0 Å². The standard InChI is InChI=1S/C21H15ClN8/c22-15-4-2-1-3-13(15)11-5-7-12(8-6-11)18-16-17(25)14(9-23)19(26)29-20(16)30-21(28-18)27-10-24/h1-8,18H,(H6,25,26,27,28,29,30). The molecule has 30 heavy (non-hydrogen) atoms. The molecule has 1 aliphatic heterocycles. The molecule has 9 heteroatoms. The Hall–Kier alpha value is -4.27. The fraction of sp³-hybridized carbons (Fsp3) is 0.0476. The van der Waals surface area contributed by atoms with Gasteiger partial charge in [-0.3, -0.25) is 5.32 Å². The number of guanidine groups is 1. The van der Waals surface area contributed by atoms with Crippen molar-refractivity contribution in [3.05, 3.63) is 70.2 Å². The summed E-state index contributed by atoms with van der Waals surface area (Å²) in [4.78, 5) is 8.79. The highest BCUT2D eigenvalue weighted by molar-refractivity contribution is 6.33. The summed E-state index contributed by atoms with van der Waals surface area (Å²) in [7, 11) is 0. The molecule has 0 aliphatic carbocycles. The molecule has 6 N–H and O–H groups in total. The second-order valence-corrected chi connectivity index (χ2v) is 6.91. The van der Waals surface area contributed by atoms with Crippen LogP contribution in [0.1, 0.15) is 22.7 Å². The Morgan fingerprint density at radius 1 is 1.07 bits per heavy atom. The normalized spacial score (nSPS) is 14.5. The lowest BCUT2D eigenvalue weighted by Gasteiger charge is -2.26. The number of nitriles is 2. The maximum absolute atomic E-state index is 9.41. The molecule has 0 amide bonds. The van der Waals surface area contributed by atoms with Gasteiger partial charge in [-0.2, -0.15) is 10.5 Å². The third kappa shape index (κ3) is 3.22. The summed E-state index contributed by atoms with van der Waals surface area (Å²) >= 11 is 6.30. The summed E-state index contributed by atoms with van der Waals surface area (Å²) in [5.74, 6) is 0.561. The van der Waals surface area contributed by atoms with E-state index in [1.807, 2.05) is 60.8 Å². The van der Waals surface area contributed by atoms with E-state index in [1.54, 1.807) is 0 Å². The summed E-state index contributed by atoms with van der Waals surface area (Å²) < 4.78 is 0. The van der Waals surface area contributed by atoms with Crippen LogP contribution < -0.4 is 22.1 Å². The van der Waals surface area contributed by atoms with Crippen LogP contribution in [0.15, 0.2) is 53.5 Å². The fourth-order valence-corrected chi connectivity index (χ4v) is 3.61. The van der Waals surface area contributed by atoms with Crippen LogP contribution >= 0.6 is 11.6 Å². The topological polar surface area (TPSA) is 149 Å². The SMILES string of the molecule is N#CNC1=NC(c2ccc(-c3ccccc3Cl)cc2)c2c(nc(N)c(C#N)c2N)N1. The number of nitrogens with one attached hydrogen (secondary N) is 2. The van der Waals surface area contributed by atoms with Crippen LogP contribution in [0.5, 0.6) is 0 Å². The molecule has 1 aromatic heterocycles. The van der Waals surface area contributed by atoms with Gasteiger partial charge >= 0.3 is 0 Å². The minimum Gasteiger partial charge on any atom is -0.397 e. The van der Waals surface area contributed by atoms with Crippen LogP contribution in [0, 0.1) is 22.8 Å². The van der Waals surface area contributed by atoms with E-state index in [1.165, 1.54) is 0 Å². The number of halogens is 1. The predicted octanol–water partition coefficient (Wildman–Crippen LogP) is 3.38. The lowest BCUT2D eigenvalue weighted by molar-refractivity contribution is 0.847. The molecule has 1 aliphatic rings. The Kier molecular flexibility index (Phi) is 4.85. The van der Waals surface area contributed by atoms with Crippen molar-refractivity contribution < 1.29 is 0 Å². The zero-order valence-corrected chi connectivity index (χ0v) is 16.3.